The molecule has 13 nitrogen and oxygen atoms in total. The Balaban J connectivity index is 2.15. The normalized spacial score (nSPS) is 16.0. The highest BCUT2D eigenvalue weighted by Gasteiger charge is 2.37. The number of carboxylic acids is 1. The van der Waals surface area contributed by atoms with Crippen LogP contribution in [0.4, 0.5) is 4.79 Å². The number of amides is 2. The molecule has 2 rings (SSSR count). The molecule has 1 heterocycles. The van der Waals surface area contributed by atoms with E-state index in [0.717, 1.165) is 11.1 Å². The molecule has 6 N–H and O–H groups in total. The van der Waals surface area contributed by atoms with Crippen molar-refractivity contribution >= 4 is 45.6 Å². The number of nitrogens with one attached hydrogen (secondary N) is 3. The highest BCUT2D eigenvalue weighted by atomic mass is 35.5. The van der Waals surface area contributed by atoms with Gasteiger partial charge in [0, 0.05) is 24.4 Å². The molecule has 0 saturated carbocycles. The number of guanidine groups is 1. The van der Waals surface area contributed by atoms with Crippen molar-refractivity contribution in [1.29, 1.82) is 0 Å². The number of aliphatic carboxylic acids is 1. The molecule has 0 fully saturated rings. The van der Waals surface area contributed by atoms with Crippen LogP contribution in [0, 0.1) is 20.8 Å². The Morgan fingerprint density at radius 2 is 1.72 bits per heavy atom. The second kappa shape index (κ2) is 14.0. The first-order valence-electron chi connectivity index (χ1n) is 13.9. The van der Waals surface area contributed by atoms with Crippen molar-refractivity contribution in [3.05, 3.63) is 22.3 Å². The van der Waals surface area contributed by atoms with Crippen LogP contribution in [0.15, 0.2) is 9.89 Å². The van der Waals surface area contributed by atoms with E-state index in [9.17, 15) is 27.9 Å². The topological polar surface area (TPSA) is 199 Å². The summed E-state index contributed by atoms with van der Waals surface area (Å²) in [5.41, 5.74) is 7.35. The van der Waals surface area contributed by atoms with Gasteiger partial charge < -0.3 is 30.9 Å². The van der Waals surface area contributed by atoms with E-state index in [1.165, 1.54) is 0 Å². The molecule has 1 aliphatic rings. The maximum Gasteiger partial charge on any atom is 0.408 e. The Morgan fingerprint density at radius 1 is 1.09 bits per heavy atom. The number of aliphatic imine (C=N–C) groups is 1. The molecule has 2 amide bonds. The summed E-state index contributed by atoms with van der Waals surface area (Å²) < 4.78 is 40.4. The number of carbonyl (C=O) groups excluding carboxylic acids is 2. The molecule has 0 spiro atoms. The van der Waals surface area contributed by atoms with Crippen LogP contribution < -0.4 is 25.8 Å². The molecule has 0 saturated heterocycles. The number of hydrogen-bond donors (Lipinski definition) is 5. The number of halogens is 1. The minimum Gasteiger partial charge on any atom is -0.487 e. The second-order valence-electron chi connectivity index (χ2n) is 12.1. The van der Waals surface area contributed by atoms with E-state index in [4.69, 9.17) is 26.8 Å². The quantitative estimate of drug-likeness (QED) is 0.0981. The van der Waals surface area contributed by atoms with Gasteiger partial charge in [-0.15, -0.1) is 11.6 Å². The molecule has 0 unspecified atom stereocenters. The van der Waals surface area contributed by atoms with Crippen LogP contribution in [0.1, 0.15) is 76.1 Å². The van der Waals surface area contributed by atoms with Gasteiger partial charge in [-0.3, -0.25) is 9.79 Å². The number of fused-ring (bicyclic) bond motifs is 1. The van der Waals surface area contributed by atoms with Crippen molar-refractivity contribution in [2.75, 3.05) is 12.4 Å². The number of nitrogens with zero attached hydrogens (tertiary/aromatic N) is 1. The monoisotopic (exact) mass is 645 g/mol. The Labute approximate surface area is 258 Å². The fourth-order valence-corrected chi connectivity index (χ4v) is 6.46. The van der Waals surface area contributed by atoms with Gasteiger partial charge in [-0.25, -0.2) is 22.7 Å². The first-order chi connectivity index (χ1) is 19.7. The van der Waals surface area contributed by atoms with E-state index in [2.05, 4.69) is 20.3 Å². The lowest BCUT2D eigenvalue weighted by Crippen LogP contribution is -2.52. The zero-order valence-electron chi connectivity index (χ0n) is 26.0. The lowest BCUT2D eigenvalue weighted by atomic mass is 9.94. The molecule has 242 valence electrons. The van der Waals surface area contributed by atoms with E-state index in [1.54, 1.807) is 34.6 Å². The Hall–Kier alpha value is -3.26. The molecule has 0 aromatic heterocycles. The summed E-state index contributed by atoms with van der Waals surface area (Å²) in [7, 11) is -4.09. The van der Waals surface area contributed by atoms with Crippen molar-refractivity contribution in [2.45, 2.75) is 109 Å². The first-order valence-corrected chi connectivity index (χ1v) is 15.9. The van der Waals surface area contributed by atoms with Crippen LogP contribution in [0.25, 0.3) is 0 Å². The molecular weight excluding hydrogens is 602 g/mol. The average molecular weight is 646 g/mol. The highest BCUT2D eigenvalue weighted by molar-refractivity contribution is 7.90. The highest BCUT2D eigenvalue weighted by Crippen LogP contribution is 2.43. The van der Waals surface area contributed by atoms with Crippen LogP contribution in [0.5, 0.6) is 5.75 Å². The molecule has 1 aromatic carbocycles. The maximum absolute atomic E-state index is 13.4. The lowest BCUT2D eigenvalue weighted by molar-refractivity contribution is -0.142. The number of ether oxygens (including phenoxy) is 2. The van der Waals surface area contributed by atoms with Gasteiger partial charge in [-0.05, 0) is 91.3 Å². The number of sulfonamides is 1. The molecule has 0 aliphatic carbocycles. The summed E-state index contributed by atoms with van der Waals surface area (Å²) in [6, 6.07) is -2.41. The van der Waals surface area contributed by atoms with Gasteiger partial charge in [-0.2, -0.15) is 0 Å². The lowest BCUT2D eigenvalue weighted by Gasteiger charge is -2.24. The van der Waals surface area contributed by atoms with E-state index >= 15 is 0 Å². The van der Waals surface area contributed by atoms with Crippen molar-refractivity contribution in [3.63, 3.8) is 0 Å². The number of carbonyl (C=O) groups is 3. The fraction of sp³-hybridized carbons (Fsp3) is 0.643. The summed E-state index contributed by atoms with van der Waals surface area (Å²) in [5, 5.41) is 14.2. The number of carboxylic acid groups (broad SMARTS) is 1. The number of hydrogen-bond acceptors (Lipinski definition) is 8. The van der Waals surface area contributed by atoms with Crippen molar-refractivity contribution in [3.8, 4) is 5.75 Å². The van der Waals surface area contributed by atoms with Gasteiger partial charge in [0.25, 0.3) is 10.0 Å². The summed E-state index contributed by atoms with van der Waals surface area (Å²) in [4.78, 5) is 40.9. The minimum absolute atomic E-state index is 0.00114. The van der Waals surface area contributed by atoms with Gasteiger partial charge in [-0.1, -0.05) is 0 Å². The molecule has 1 aromatic rings. The SMILES string of the molecule is Cc1c(C)c(S(=O)(=O)NC(N)=NCCC[C@@H](NC(=O)OC(C)(C)C)C(=O)N[C@@H](CCCl)C(=O)O)c(C)c2c1OC(C)(C)C2. The Morgan fingerprint density at radius 3 is 2.28 bits per heavy atom. The molecule has 15 heteroatoms. The van der Waals surface area contributed by atoms with Gasteiger partial charge in [0.05, 0.1) is 4.90 Å². The third kappa shape index (κ3) is 9.88. The molecule has 2 atom stereocenters. The van der Waals surface area contributed by atoms with E-state index in [1.807, 2.05) is 20.8 Å². The number of benzene rings is 1. The van der Waals surface area contributed by atoms with Crippen LogP contribution >= 0.6 is 11.6 Å². The van der Waals surface area contributed by atoms with Crippen LogP contribution in [0.2, 0.25) is 0 Å². The van der Waals surface area contributed by atoms with E-state index in [0.29, 0.717) is 23.3 Å². The molecule has 1 aliphatic heterocycles. The smallest absolute Gasteiger partial charge is 0.408 e. The third-order valence-electron chi connectivity index (χ3n) is 6.75. The largest absolute Gasteiger partial charge is 0.487 e. The van der Waals surface area contributed by atoms with E-state index < -0.39 is 51.3 Å². The Kier molecular flexibility index (Phi) is 11.7. The zero-order valence-corrected chi connectivity index (χ0v) is 27.6. The zero-order chi connectivity index (χ0) is 32.9. The fourth-order valence-electron chi connectivity index (χ4n) is 4.72. The predicted molar refractivity (Wildman–Crippen MR) is 163 cm³/mol. The summed E-state index contributed by atoms with van der Waals surface area (Å²) in [6.07, 6.45) is -0.106. The summed E-state index contributed by atoms with van der Waals surface area (Å²) in [6.45, 7) is 14.1. The van der Waals surface area contributed by atoms with Crippen molar-refractivity contribution < 1.29 is 37.4 Å². The molecular formula is C28H44ClN5O8S. The van der Waals surface area contributed by atoms with Gasteiger partial charge in [0.2, 0.25) is 11.9 Å². The van der Waals surface area contributed by atoms with Crippen LogP contribution in [-0.2, 0) is 30.8 Å². The average Bonchev–Trinajstić information content (AvgIpc) is 3.18. The van der Waals surface area contributed by atoms with Gasteiger partial charge in [0.15, 0.2) is 0 Å². The standard InChI is InChI=1S/C28H44ClN5O8S/c1-15-16(2)22(17(3)18-14-28(7,8)41-21(15)18)43(39,40)34-25(30)31-13-9-10-19(33-26(38)42-27(4,5)6)23(35)32-20(11-12-29)24(36)37/h19-20H,9-14H2,1-8H3,(H,32,35)(H,33,38)(H,36,37)(H3,30,31,34)/t19-,20+/m1/s1. The minimum atomic E-state index is -4.09. The number of rotatable bonds is 12. The van der Waals surface area contributed by atoms with E-state index in [-0.39, 0.29) is 42.5 Å². The summed E-state index contributed by atoms with van der Waals surface area (Å²) >= 11 is 5.65. The molecule has 0 radical (unpaired) electrons. The molecule has 43 heavy (non-hydrogen) atoms. The number of nitrogens with two attached hydrogens (primary N) is 1. The predicted octanol–water partition coefficient (Wildman–Crippen LogP) is 2.79. The third-order valence-corrected chi connectivity index (χ3v) is 8.60. The van der Waals surface area contributed by atoms with Crippen LogP contribution in [0.3, 0.4) is 0 Å². The maximum atomic E-state index is 13.4. The summed E-state index contributed by atoms with van der Waals surface area (Å²) in [5.74, 6) is -1.65. The van der Waals surface area contributed by atoms with Crippen molar-refractivity contribution in [1.82, 2.24) is 15.4 Å². The second-order valence-corrected chi connectivity index (χ2v) is 14.1. The Bertz CT molecular complexity index is 1370. The number of alkyl halides is 1. The number of alkyl carbamates (subject to hydrolysis) is 1. The van der Waals surface area contributed by atoms with Crippen LogP contribution in [-0.4, -0.2) is 73.2 Å². The van der Waals surface area contributed by atoms with Gasteiger partial charge >= 0.3 is 12.1 Å². The first kappa shape index (κ1) is 35.9. The van der Waals surface area contributed by atoms with Gasteiger partial charge in [0.1, 0.15) is 29.0 Å². The van der Waals surface area contributed by atoms with Crippen molar-refractivity contribution in [2.24, 2.45) is 10.7 Å². The molecule has 0 bridgehead atoms.